The molecule has 1 atom stereocenters. The molecular formula is C13H19N3O2. The quantitative estimate of drug-likeness (QED) is 0.767. The first-order valence-corrected chi connectivity index (χ1v) is 6.43. The van der Waals surface area contributed by atoms with E-state index in [1.165, 1.54) is 32.7 Å². The van der Waals surface area contributed by atoms with Crippen molar-refractivity contribution in [2.24, 2.45) is 0 Å². The van der Waals surface area contributed by atoms with Crippen molar-refractivity contribution >= 4 is 11.8 Å². The van der Waals surface area contributed by atoms with Gasteiger partial charge in [-0.05, 0) is 25.7 Å². The molecule has 0 spiro atoms. The zero-order valence-corrected chi connectivity index (χ0v) is 10.9. The van der Waals surface area contributed by atoms with Crippen molar-refractivity contribution < 1.29 is 9.53 Å². The summed E-state index contributed by atoms with van der Waals surface area (Å²) in [5.41, 5.74) is 0.322. The van der Waals surface area contributed by atoms with Gasteiger partial charge in [-0.2, -0.15) is 0 Å². The van der Waals surface area contributed by atoms with Gasteiger partial charge in [0.05, 0.1) is 7.11 Å². The van der Waals surface area contributed by atoms with Gasteiger partial charge in [0.25, 0.3) is 0 Å². The van der Waals surface area contributed by atoms with Gasteiger partial charge in [0.2, 0.25) is 0 Å². The van der Waals surface area contributed by atoms with E-state index in [0.717, 1.165) is 18.8 Å². The molecule has 1 aromatic rings. The molecule has 5 nitrogen and oxygen atoms in total. The Bertz CT molecular complexity index is 422. The predicted molar refractivity (Wildman–Crippen MR) is 68.6 cm³/mol. The molecule has 0 amide bonds. The number of rotatable bonds is 3. The number of carbonyl (C=O) groups excluding carboxylic acids is 1. The van der Waals surface area contributed by atoms with Crippen molar-refractivity contribution in [1.29, 1.82) is 0 Å². The summed E-state index contributed by atoms with van der Waals surface area (Å²) in [4.78, 5) is 22.0. The van der Waals surface area contributed by atoms with Crippen LogP contribution in [0.25, 0.3) is 0 Å². The molecule has 1 unspecified atom stereocenters. The molecule has 1 aromatic heterocycles. The summed E-state index contributed by atoms with van der Waals surface area (Å²) in [6.45, 7) is 3.18. The van der Waals surface area contributed by atoms with Crippen molar-refractivity contribution in [3.63, 3.8) is 0 Å². The van der Waals surface area contributed by atoms with Gasteiger partial charge in [-0.1, -0.05) is 6.92 Å². The molecule has 2 heterocycles. The molecule has 0 bridgehead atoms. The van der Waals surface area contributed by atoms with Crippen LogP contribution in [0.4, 0.5) is 5.82 Å². The van der Waals surface area contributed by atoms with Crippen LogP contribution in [0.1, 0.15) is 43.1 Å². The fraction of sp³-hybridized carbons (Fsp3) is 0.615. The highest BCUT2D eigenvalue weighted by atomic mass is 16.5. The number of piperidine rings is 1. The Morgan fingerprint density at radius 2 is 2.33 bits per heavy atom. The van der Waals surface area contributed by atoms with E-state index in [1.54, 1.807) is 6.07 Å². The lowest BCUT2D eigenvalue weighted by Gasteiger charge is -2.36. The highest BCUT2D eigenvalue weighted by Gasteiger charge is 2.23. The third-order valence-electron chi connectivity index (χ3n) is 3.44. The van der Waals surface area contributed by atoms with Gasteiger partial charge in [-0.15, -0.1) is 0 Å². The summed E-state index contributed by atoms with van der Waals surface area (Å²) in [6, 6.07) is 2.24. The van der Waals surface area contributed by atoms with E-state index in [9.17, 15) is 4.79 Å². The van der Waals surface area contributed by atoms with Crippen LogP contribution in [0.15, 0.2) is 12.4 Å². The minimum absolute atomic E-state index is 0.322. The molecule has 5 heteroatoms. The Morgan fingerprint density at radius 3 is 3.06 bits per heavy atom. The van der Waals surface area contributed by atoms with Crippen molar-refractivity contribution in [3.05, 3.63) is 18.1 Å². The molecule has 1 saturated heterocycles. The molecule has 2 rings (SSSR count). The molecule has 0 saturated carbocycles. The Hall–Kier alpha value is -1.65. The minimum atomic E-state index is -0.413. The SMILES string of the molecule is CCC1CCCCN1c1cc(C(=O)OC)ncn1. The van der Waals surface area contributed by atoms with E-state index in [-0.39, 0.29) is 0 Å². The Morgan fingerprint density at radius 1 is 1.50 bits per heavy atom. The van der Waals surface area contributed by atoms with Gasteiger partial charge in [0.1, 0.15) is 12.1 Å². The standard InChI is InChI=1S/C13H19N3O2/c1-3-10-6-4-5-7-16(10)12-8-11(13(17)18-2)14-9-15-12/h8-10H,3-7H2,1-2H3. The minimum Gasteiger partial charge on any atom is -0.464 e. The summed E-state index contributed by atoms with van der Waals surface area (Å²) in [5, 5.41) is 0. The third-order valence-corrected chi connectivity index (χ3v) is 3.44. The second kappa shape index (κ2) is 5.80. The summed E-state index contributed by atoms with van der Waals surface area (Å²) >= 11 is 0. The molecule has 0 aliphatic carbocycles. The molecule has 0 aromatic carbocycles. The second-order valence-electron chi connectivity index (χ2n) is 4.50. The van der Waals surface area contributed by atoms with Crippen LogP contribution >= 0.6 is 0 Å². The van der Waals surface area contributed by atoms with Crippen molar-refractivity contribution in [2.75, 3.05) is 18.6 Å². The van der Waals surface area contributed by atoms with Crippen LogP contribution in [0.5, 0.6) is 0 Å². The van der Waals surface area contributed by atoms with Crippen molar-refractivity contribution in [3.8, 4) is 0 Å². The Balaban J connectivity index is 2.23. The first-order valence-electron chi connectivity index (χ1n) is 6.43. The number of anilines is 1. The molecule has 18 heavy (non-hydrogen) atoms. The zero-order valence-electron chi connectivity index (χ0n) is 10.9. The number of methoxy groups -OCH3 is 1. The smallest absolute Gasteiger partial charge is 0.356 e. The van der Waals surface area contributed by atoms with Crippen LogP contribution in [-0.4, -0.2) is 35.6 Å². The number of ether oxygens (including phenoxy) is 1. The van der Waals surface area contributed by atoms with Crippen molar-refractivity contribution in [2.45, 2.75) is 38.6 Å². The maximum atomic E-state index is 11.5. The molecule has 1 fully saturated rings. The fourth-order valence-corrected chi connectivity index (χ4v) is 2.45. The lowest BCUT2D eigenvalue weighted by Crippen LogP contribution is -2.39. The molecule has 1 aliphatic heterocycles. The second-order valence-corrected chi connectivity index (χ2v) is 4.50. The summed E-state index contributed by atoms with van der Waals surface area (Å²) < 4.78 is 4.68. The van der Waals surface area contributed by atoms with E-state index in [2.05, 4.69) is 26.5 Å². The van der Waals surface area contributed by atoms with E-state index in [4.69, 9.17) is 0 Å². The number of esters is 1. The van der Waals surface area contributed by atoms with Crippen LogP contribution in [0.2, 0.25) is 0 Å². The molecular weight excluding hydrogens is 230 g/mol. The van der Waals surface area contributed by atoms with Gasteiger partial charge >= 0.3 is 5.97 Å². The Kier molecular flexibility index (Phi) is 4.12. The summed E-state index contributed by atoms with van der Waals surface area (Å²) in [6.07, 6.45) is 6.16. The van der Waals surface area contributed by atoms with E-state index < -0.39 is 5.97 Å². The number of carbonyl (C=O) groups is 1. The maximum Gasteiger partial charge on any atom is 0.356 e. The van der Waals surface area contributed by atoms with Crippen LogP contribution < -0.4 is 4.90 Å². The average Bonchev–Trinajstić information content (AvgIpc) is 2.46. The van der Waals surface area contributed by atoms with Gasteiger partial charge in [0, 0.05) is 18.7 Å². The number of nitrogens with zero attached hydrogens (tertiary/aromatic N) is 3. The number of hydrogen-bond acceptors (Lipinski definition) is 5. The molecule has 1 aliphatic rings. The largest absolute Gasteiger partial charge is 0.464 e. The van der Waals surface area contributed by atoms with Crippen LogP contribution in [0, 0.1) is 0 Å². The highest BCUT2D eigenvalue weighted by Crippen LogP contribution is 2.24. The van der Waals surface area contributed by atoms with Gasteiger partial charge in [-0.25, -0.2) is 14.8 Å². The third kappa shape index (κ3) is 2.60. The number of hydrogen-bond donors (Lipinski definition) is 0. The average molecular weight is 249 g/mol. The summed E-state index contributed by atoms with van der Waals surface area (Å²) in [7, 11) is 1.36. The maximum absolute atomic E-state index is 11.5. The first kappa shape index (κ1) is 12.8. The number of aromatic nitrogens is 2. The normalized spacial score (nSPS) is 19.7. The lowest BCUT2D eigenvalue weighted by atomic mass is 10.00. The van der Waals surface area contributed by atoms with Crippen LogP contribution in [0.3, 0.4) is 0 Å². The molecule has 98 valence electrons. The predicted octanol–water partition coefficient (Wildman–Crippen LogP) is 2.03. The Labute approximate surface area is 107 Å². The topological polar surface area (TPSA) is 55.3 Å². The van der Waals surface area contributed by atoms with Crippen LogP contribution in [-0.2, 0) is 4.74 Å². The van der Waals surface area contributed by atoms with E-state index in [0.29, 0.717) is 11.7 Å². The molecule has 0 N–H and O–H groups in total. The van der Waals surface area contributed by atoms with E-state index in [1.807, 2.05) is 0 Å². The van der Waals surface area contributed by atoms with Gasteiger partial charge < -0.3 is 9.64 Å². The van der Waals surface area contributed by atoms with E-state index >= 15 is 0 Å². The van der Waals surface area contributed by atoms with Crippen molar-refractivity contribution in [1.82, 2.24) is 9.97 Å². The monoisotopic (exact) mass is 249 g/mol. The first-order chi connectivity index (χ1) is 8.76. The fourth-order valence-electron chi connectivity index (χ4n) is 2.45. The molecule has 0 radical (unpaired) electrons. The van der Waals surface area contributed by atoms with Gasteiger partial charge in [-0.3, -0.25) is 0 Å². The highest BCUT2D eigenvalue weighted by molar-refractivity contribution is 5.87. The lowest BCUT2D eigenvalue weighted by molar-refractivity contribution is 0.0594. The zero-order chi connectivity index (χ0) is 13.0. The van der Waals surface area contributed by atoms with Gasteiger partial charge in [0.15, 0.2) is 5.69 Å². The summed E-state index contributed by atoms with van der Waals surface area (Å²) in [5.74, 6) is 0.417.